The fraction of sp³-hybridized carbons (Fsp3) is 1.00. The molecule has 0 aromatic carbocycles. The Morgan fingerprint density at radius 2 is 1.62 bits per heavy atom. The van der Waals surface area contributed by atoms with Gasteiger partial charge in [0.25, 0.3) is 0 Å². The van der Waals surface area contributed by atoms with Crippen molar-refractivity contribution in [3.05, 3.63) is 0 Å². The smallest absolute Gasteiger partial charge is 0.413 e. The zero-order valence-electron chi connectivity index (χ0n) is 5.33. The molecule has 0 spiro atoms. The third kappa shape index (κ3) is 2.30. The van der Waals surface area contributed by atoms with E-state index >= 15 is 0 Å². The van der Waals surface area contributed by atoms with E-state index in [2.05, 4.69) is 0 Å². The second-order valence-corrected chi connectivity index (χ2v) is 1.57. The normalized spacial score (nSPS) is 10.1. The lowest BCUT2D eigenvalue weighted by Gasteiger charge is -2.14. The van der Waals surface area contributed by atoms with Crippen LogP contribution < -0.4 is 0 Å². The number of hydrogen-bond donors (Lipinski definition) is 2. The molecule has 0 saturated heterocycles. The molecular formula is C4H12BNO2. The van der Waals surface area contributed by atoms with Gasteiger partial charge in [0.2, 0.25) is 0 Å². The van der Waals surface area contributed by atoms with Crippen LogP contribution in [-0.4, -0.2) is 35.2 Å². The quantitative estimate of drug-likeness (QED) is 0.480. The molecule has 8 heavy (non-hydrogen) atoms. The fourth-order valence-corrected chi connectivity index (χ4v) is 0.550. The van der Waals surface area contributed by atoms with E-state index in [-0.39, 0.29) is 0 Å². The van der Waals surface area contributed by atoms with E-state index in [4.69, 9.17) is 10.0 Å². The van der Waals surface area contributed by atoms with E-state index in [1.54, 1.807) is 0 Å². The van der Waals surface area contributed by atoms with Crippen molar-refractivity contribution in [2.24, 2.45) is 0 Å². The van der Waals surface area contributed by atoms with Crippen molar-refractivity contribution < 1.29 is 10.0 Å². The molecule has 0 saturated carbocycles. The van der Waals surface area contributed by atoms with Gasteiger partial charge in [-0.05, 0) is 13.1 Å². The molecule has 0 aliphatic carbocycles. The molecule has 48 valence electrons. The molecule has 0 unspecified atom stereocenters. The van der Waals surface area contributed by atoms with Crippen molar-refractivity contribution in [1.29, 1.82) is 0 Å². The Morgan fingerprint density at radius 3 is 1.62 bits per heavy atom. The largest absolute Gasteiger partial charge is 0.552 e. The minimum absolute atomic E-state index is 0.675. The van der Waals surface area contributed by atoms with Crippen LogP contribution in [0.3, 0.4) is 0 Å². The molecule has 3 nitrogen and oxygen atoms in total. The molecule has 0 amide bonds. The predicted octanol–water partition coefficient (Wildman–Crippen LogP) is -0.702. The third-order valence-electron chi connectivity index (χ3n) is 1.14. The maximum atomic E-state index is 8.49. The highest BCUT2D eigenvalue weighted by Crippen LogP contribution is 1.84. The molecule has 0 radical (unpaired) electrons. The lowest BCUT2D eigenvalue weighted by atomic mass is 10.1. The van der Waals surface area contributed by atoms with Gasteiger partial charge in [-0.1, -0.05) is 13.8 Å². The van der Waals surface area contributed by atoms with Crippen LogP contribution in [0, 0.1) is 0 Å². The van der Waals surface area contributed by atoms with Crippen LogP contribution in [0.1, 0.15) is 13.8 Å². The topological polar surface area (TPSA) is 43.7 Å². The maximum Gasteiger partial charge on any atom is 0.552 e. The molecule has 0 aliphatic heterocycles. The van der Waals surface area contributed by atoms with Gasteiger partial charge in [0.1, 0.15) is 0 Å². The summed E-state index contributed by atoms with van der Waals surface area (Å²) in [5.41, 5.74) is 0. The molecule has 0 rings (SSSR count). The molecule has 0 aromatic heterocycles. The van der Waals surface area contributed by atoms with Crippen LogP contribution in [0.25, 0.3) is 0 Å². The Bertz CT molecular complexity index is 56.0. The van der Waals surface area contributed by atoms with E-state index in [1.807, 2.05) is 13.8 Å². The minimum atomic E-state index is -1.29. The first kappa shape index (κ1) is 7.94. The van der Waals surface area contributed by atoms with Crippen molar-refractivity contribution in [2.45, 2.75) is 13.8 Å². The van der Waals surface area contributed by atoms with Gasteiger partial charge in [0, 0.05) is 0 Å². The Morgan fingerprint density at radius 1 is 1.25 bits per heavy atom. The Hall–Kier alpha value is -0.0551. The van der Waals surface area contributed by atoms with E-state index in [9.17, 15) is 0 Å². The van der Waals surface area contributed by atoms with Crippen LogP contribution in [0.2, 0.25) is 0 Å². The van der Waals surface area contributed by atoms with Gasteiger partial charge in [0.15, 0.2) is 0 Å². The van der Waals surface area contributed by atoms with Crippen molar-refractivity contribution >= 4 is 7.25 Å². The zero-order valence-corrected chi connectivity index (χ0v) is 5.33. The van der Waals surface area contributed by atoms with E-state index < -0.39 is 7.25 Å². The first-order chi connectivity index (χ1) is 3.72. The van der Waals surface area contributed by atoms with Gasteiger partial charge in [-0.2, -0.15) is 0 Å². The van der Waals surface area contributed by atoms with Crippen molar-refractivity contribution in [3.63, 3.8) is 0 Å². The standard InChI is InChI=1S/C4H12BNO2/c1-3-6(4-2)5(7)8/h7-8H,3-4H2,1-2H3. The van der Waals surface area contributed by atoms with Gasteiger partial charge in [-0.15, -0.1) is 0 Å². The monoisotopic (exact) mass is 117 g/mol. The summed E-state index contributed by atoms with van der Waals surface area (Å²) in [4.78, 5) is 1.53. The van der Waals surface area contributed by atoms with E-state index in [1.165, 1.54) is 4.81 Å². The van der Waals surface area contributed by atoms with Crippen LogP contribution >= 0.6 is 0 Å². The summed E-state index contributed by atoms with van der Waals surface area (Å²) in [6.45, 7) is 5.11. The summed E-state index contributed by atoms with van der Waals surface area (Å²) >= 11 is 0. The van der Waals surface area contributed by atoms with Crippen molar-refractivity contribution in [3.8, 4) is 0 Å². The number of nitrogens with zero attached hydrogens (tertiary/aromatic N) is 1. The highest BCUT2D eigenvalue weighted by atomic mass is 16.4. The summed E-state index contributed by atoms with van der Waals surface area (Å²) in [5.74, 6) is 0. The molecule has 0 heterocycles. The number of hydrogen-bond acceptors (Lipinski definition) is 3. The van der Waals surface area contributed by atoms with Crippen LogP contribution in [0.15, 0.2) is 0 Å². The summed E-state index contributed by atoms with van der Waals surface area (Å²) in [6.07, 6.45) is 0. The highest BCUT2D eigenvalue weighted by Gasteiger charge is 2.14. The molecule has 0 aliphatic rings. The maximum absolute atomic E-state index is 8.49. The van der Waals surface area contributed by atoms with Crippen LogP contribution in [-0.2, 0) is 0 Å². The number of rotatable bonds is 3. The summed E-state index contributed by atoms with van der Waals surface area (Å²) in [7, 11) is -1.29. The highest BCUT2D eigenvalue weighted by molar-refractivity contribution is 6.37. The second kappa shape index (κ2) is 3.89. The average molecular weight is 117 g/mol. The summed E-state index contributed by atoms with van der Waals surface area (Å²) in [6, 6.07) is 0. The summed E-state index contributed by atoms with van der Waals surface area (Å²) < 4.78 is 0. The molecule has 2 N–H and O–H groups in total. The molecule has 0 aromatic rings. The van der Waals surface area contributed by atoms with Gasteiger partial charge >= 0.3 is 7.25 Å². The Kier molecular flexibility index (Phi) is 3.86. The van der Waals surface area contributed by atoms with E-state index in [0.29, 0.717) is 13.1 Å². The molecule has 0 fully saturated rings. The first-order valence-corrected chi connectivity index (χ1v) is 2.82. The minimum Gasteiger partial charge on any atom is -0.413 e. The fourth-order valence-electron chi connectivity index (χ4n) is 0.550. The zero-order chi connectivity index (χ0) is 6.57. The molecule has 0 bridgehead atoms. The predicted molar refractivity (Wildman–Crippen MR) is 33.1 cm³/mol. The van der Waals surface area contributed by atoms with Gasteiger partial charge < -0.3 is 10.0 Å². The molecule has 0 atom stereocenters. The van der Waals surface area contributed by atoms with Crippen molar-refractivity contribution in [2.75, 3.05) is 13.1 Å². The molecular weight excluding hydrogens is 105 g/mol. The lowest BCUT2D eigenvalue weighted by Crippen LogP contribution is -2.39. The van der Waals surface area contributed by atoms with Gasteiger partial charge in [-0.3, -0.25) is 4.81 Å². The van der Waals surface area contributed by atoms with E-state index in [0.717, 1.165) is 0 Å². The lowest BCUT2D eigenvalue weighted by molar-refractivity contribution is 0.285. The Labute approximate surface area is 50.1 Å². The third-order valence-corrected chi connectivity index (χ3v) is 1.14. The molecule has 4 heteroatoms. The van der Waals surface area contributed by atoms with Crippen LogP contribution in [0.4, 0.5) is 0 Å². The second-order valence-electron chi connectivity index (χ2n) is 1.57. The Balaban J connectivity index is 3.35. The van der Waals surface area contributed by atoms with Gasteiger partial charge in [0.05, 0.1) is 0 Å². The van der Waals surface area contributed by atoms with Crippen LogP contribution in [0.5, 0.6) is 0 Å². The van der Waals surface area contributed by atoms with Crippen molar-refractivity contribution in [1.82, 2.24) is 4.81 Å². The average Bonchev–Trinajstić information content (AvgIpc) is 1.69. The first-order valence-electron chi connectivity index (χ1n) is 2.82. The van der Waals surface area contributed by atoms with Gasteiger partial charge in [-0.25, -0.2) is 0 Å². The summed E-state index contributed by atoms with van der Waals surface area (Å²) in [5, 5.41) is 17.0. The SMILES string of the molecule is CCN(CC)B(O)O.